The lowest BCUT2D eigenvalue weighted by Crippen LogP contribution is -2.24. The molecule has 5 nitrogen and oxygen atoms in total. The van der Waals surface area contributed by atoms with Gasteiger partial charge in [0.15, 0.2) is 5.82 Å². The lowest BCUT2D eigenvalue weighted by Gasteiger charge is -2.20. The molecule has 1 aliphatic heterocycles. The maximum Gasteiger partial charge on any atom is 0.162 e. The smallest absolute Gasteiger partial charge is 0.162 e. The van der Waals surface area contributed by atoms with Crippen LogP contribution in [0.2, 0.25) is 0 Å². The van der Waals surface area contributed by atoms with E-state index in [4.69, 9.17) is 0 Å². The Balaban J connectivity index is 1.81. The van der Waals surface area contributed by atoms with Crippen LogP contribution >= 0.6 is 0 Å². The van der Waals surface area contributed by atoms with Crippen LogP contribution in [0.3, 0.4) is 0 Å². The first-order valence-electron chi connectivity index (χ1n) is 6.73. The SMILES string of the molecule is c1ccc(N2CN(c3cccnc3)c3ncncc32)cc1. The van der Waals surface area contributed by atoms with Crippen LogP contribution in [0.15, 0.2) is 67.4 Å². The van der Waals surface area contributed by atoms with Crippen LogP contribution in [0.1, 0.15) is 0 Å². The topological polar surface area (TPSA) is 45.2 Å². The number of anilines is 4. The maximum atomic E-state index is 4.44. The molecule has 5 heteroatoms. The first kappa shape index (κ1) is 11.8. The zero-order valence-corrected chi connectivity index (χ0v) is 11.3. The summed E-state index contributed by atoms with van der Waals surface area (Å²) >= 11 is 0. The minimum Gasteiger partial charge on any atom is -0.318 e. The average Bonchev–Trinajstić information content (AvgIpc) is 2.96. The highest BCUT2D eigenvalue weighted by Crippen LogP contribution is 2.41. The third-order valence-corrected chi connectivity index (χ3v) is 3.53. The molecule has 0 atom stereocenters. The van der Waals surface area contributed by atoms with Gasteiger partial charge in [-0.15, -0.1) is 0 Å². The Hall–Kier alpha value is -2.95. The van der Waals surface area contributed by atoms with E-state index in [1.165, 1.54) is 0 Å². The summed E-state index contributed by atoms with van der Waals surface area (Å²) < 4.78 is 0. The summed E-state index contributed by atoms with van der Waals surface area (Å²) in [6.07, 6.45) is 7.05. The molecule has 0 amide bonds. The molecule has 0 fully saturated rings. The number of hydrogen-bond donors (Lipinski definition) is 0. The highest BCUT2D eigenvalue weighted by atomic mass is 15.4. The Morgan fingerprint density at radius 2 is 1.67 bits per heavy atom. The molecule has 1 aliphatic rings. The van der Waals surface area contributed by atoms with E-state index < -0.39 is 0 Å². The van der Waals surface area contributed by atoms with Gasteiger partial charge in [0.1, 0.15) is 18.7 Å². The molecular formula is C16H13N5. The van der Waals surface area contributed by atoms with Gasteiger partial charge in [-0.25, -0.2) is 9.97 Å². The Kier molecular flexibility index (Phi) is 2.74. The van der Waals surface area contributed by atoms with Crippen molar-refractivity contribution >= 4 is 22.9 Å². The van der Waals surface area contributed by atoms with Crippen molar-refractivity contribution < 1.29 is 0 Å². The van der Waals surface area contributed by atoms with E-state index in [9.17, 15) is 0 Å². The summed E-state index contributed by atoms with van der Waals surface area (Å²) in [7, 11) is 0. The molecule has 0 saturated heterocycles. The third-order valence-electron chi connectivity index (χ3n) is 3.53. The fourth-order valence-corrected chi connectivity index (χ4v) is 2.54. The standard InChI is InChI=1S/C16H13N5/c1-2-5-13(6-3-1)20-12-21(14-7-4-8-17-9-14)16-15(20)10-18-11-19-16/h1-11H,12H2. The molecule has 0 N–H and O–H groups in total. The van der Waals surface area contributed by atoms with E-state index in [2.05, 4.69) is 36.9 Å². The summed E-state index contributed by atoms with van der Waals surface area (Å²) in [5.41, 5.74) is 3.16. The lowest BCUT2D eigenvalue weighted by atomic mass is 10.3. The summed E-state index contributed by atoms with van der Waals surface area (Å²) in [4.78, 5) is 17.1. The van der Waals surface area contributed by atoms with Gasteiger partial charge in [-0.05, 0) is 24.3 Å². The molecule has 3 heterocycles. The van der Waals surface area contributed by atoms with Crippen LogP contribution in [0.4, 0.5) is 22.9 Å². The maximum absolute atomic E-state index is 4.44. The second-order valence-electron chi connectivity index (χ2n) is 4.78. The molecule has 21 heavy (non-hydrogen) atoms. The molecule has 3 aromatic rings. The van der Waals surface area contributed by atoms with Crippen LogP contribution in [-0.4, -0.2) is 21.6 Å². The highest BCUT2D eigenvalue weighted by Gasteiger charge is 2.29. The van der Waals surface area contributed by atoms with Crippen molar-refractivity contribution in [1.82, 2.24) is 15.0 Å². The minimum absolute atomic E-state index is 0.698. The molecule has 2 aromatic heterocycles. The number of benzene rings is 1. The second kappa shape index (κ2) is 4.86. The molecule has 4 rings (SSSR count). The van der Waals surface area contributed by atoms with E-state index in [0.29, 0.717) is 6.67 Å². The van der Waals surface area contributed by atoms with Crippen LogP contribution in [0.5, 0.6) is 0 Å². The van der Waals surface area contributed by atoms with Crippen molar-refractivity contribution in [3.05, 3.63) is 67.4 Å². The van der Waals surface area contributed by atoms with Gasteiger partial charge in [0, 0.05) is 11.9 Å². The quantitative estimate of drug-likeness (QED) is 0.719. The fraction of sp³-hybridized carbons (Fsp3) is 0.0625. The third kappa shape index (κ3) is 1.99. The fourth-order valence-electron chi connectivity index (χ4n) is 2.54. The van der Waals surface area contributed by atoms with Gasteiger partial charge >= 0.3 is 0 Å². The Morgan fingerprint density at radius 1 is 0.810 bits per heavy atom. The van der Waals surface area contributed by atoms with Gasteiger partial charge in [0.05, 0.1) is 18.1 Å². The highest BCUT2D eigenvalue weighted by molar-refractivity contribution is 5.83. The van der Waals surface area contributed by atoms with Crippen molar-refractivity contribution in [1.29, 1.82) is 0 Å². The largest absolute Gasteiger partial charge is 0.318 e. The van der Waals surface area contributed by atoms with E-state index in [1.807, 2.05) is 42.7 Å². The van der Waals surface area contributed by atoms with Crippen LogP contribution < -0.4 is 9.80 Å². The number of pyridine rings is 1. The molecule has 0 aliphatic carbocycles. The van der Waals surface area contributed by atoms with Gasteiger partial charge in [-0.1, -0.05) is 18.2 Å². The number of fused-ring (bicyclic) bond motifs is 1. The molecule has 0 saturated carbocycles. The Bertz CT molecular complexity index is 680. The normalized spacial score (nSPS) is 13.3. The van der Waals surface area contributed by atoms with E-state index in [-0.39, 0.29) is 0 Å². The monoisotopic (exact) mass is 275 g/mol. The molecule has 0 unspecified atom stereocenters. The van der Waals surface area contributed by atoms with Crippen molar-refractivity contribution in [2.75, 3.05) is 16.5 Å². The molecule has 102 valence electrons. The first-order valence-corrected chi connectivity index (χ1v) is 6.73. The number of nitrogens with zero attached hydrogens (tertiary/aromatic N) is 5. The van der Waals surface area contributed by atoms with E-state index >= 15 is 0 Å². The summed E-state index contributed by atoms with van der Waals surface area (Å²) in [6.45, 7) is 0.698. The molecule has 1 aromatic carbocycles. The molecule has 0 bridgehead atoms. The number of hydrogen-bond acceptors (Lipinski definition) is 5. The van der Waals surface area contributed by atoms with Gasteiger partial charge in [-0.3, -0.25) is 4.98 Å². The molecule has 0 radical (unpaired) electrons. The van der Waals surface area contributed by atoms with Crippen molar-refractivity contribution in [2.24, 2.45) is 0 Å². The van der Waals surface area contributed by atoms with Crippen molar-refractivity contribution in [3.63, 3.8) is 0 Å². The van der Waals surface area contributed by atoms with E-state index in [1.54, 1.807) is 12.5 Å². The van der Waals surface area contributed by atoms with Crippen LogP contribution in [0.25, 0.3) is 0 Å². The van der Waals surface area contributed by atoms with Gasteiger partial charge in [0.2, 0.25) is 0 Å². The van der Waals surface area contributed by atoms with Gasteiger partial charge in [0.25, 0.3) is 0 Å². The first-order chi connectivity index (χ1) is 10.4. The van der Waals surface area contributed by atoms with Crippen molar-refractivity contribution in [3.8, 4) is 0 Å². The van der Waals surface area contributed by atoms with Crippen molar-refractivity contribution in [2.45, 2.75) is 0 Å². The summed E-state index contributed by atoms with van der Waals surface area (Å²) in [6, 6.07) is 14.2. The van der Waals surface area contributed by atoms with Crippen LogP contribution in [-0.2, 0) is 0 Å². The van der Waals surface area contributed by atoms with E-state index in [0.717, 1.165) is 22.9 Å². The molecular weight excluding hydrogens is 262 g/mol. The Morgan fingerprint density at radius 3 is 2.48 bits per heavy atom. The average molecular weight is 275 g/mol. The summed E-state index contributed by atoms with van der Waals surface area (Å²) in [5, 5.41) is 0. The number of aromatic nitrogens is 3. The molecule has 0 spiro atoms. The van der Waals surface area contributed by atoms with Gasteiger partial charge in [-0.2, -0.15) is 0 Å². The Labute approximate surface area is 122 Å². The zero-order valence-electron chi connectivity index (χ0n) is 11.3. The lowest BCUT2D eigenvalue weighted by molar-refractivity contribution is 0.976. The van der Waals surface area contributed by atoms with Gasteiger partial charge < -0.3 is 9.80 Å². The predicted octanol–water partition coefficient (Wildman–Crippen LogP) is 3.12. The second-order valence-corrected chi connectivity index (χ2v) is 4.78. The number of para-hydroxylation sites is 1. The number of rotatable bonds is 2. The summed E-state index contributed by atoms with van der Waals surface area (Å²) in [5.74, 6) is 0.904. The predicted molar refractivity (Wildman–Crippen MR) is 81.9 cm³/mol. The zero-order chi connectivity index (χ0) is 14.1. The van der Waals surface area contributed by atoms with Crippen LogP contribution in [0, 0.1) is 0 Å². The minimum atomic E-state index is 0.698.